The molecule has 0 saturated heterocycles. The highest BCUT2D eigenvalue weighted by Crippen LogP contribution is 2.32. The number of anilines is 2. The lowest BCUT2D eigenvalue weighted by atomic mass is 10.0. The van der Waals surface area contributed by atoms with Crippen LogP contribution in [0, 0.1) is 0 Å². The average Bonchev–Trinajstić information content (AvgIpc) is 3.03. The molecule has 1 aromatic carbocycles. The molecule has 2 amide bonds. The van der Waals surface area contributed by atoms with Crippen molar-refractivity contribution in [2.75, 3.05) is 11.1 Å². The highest BCUT2D eigenvalue weighted by atomic mass is 35.5. The summed E-state index contributed by atoms with van der Waals surface area (Å²) in [6, 6.07) is 4.52. The minimum atomic E-state index is -0.402. The molecule has 0 spiro atoms. The Balaban J connectivity index is 2.06. The van der Waals surface area contributed by atoms with E-state index in [9.17, 15) is 9.59 Å². The molecular formula is C20H23ClN6O2. The van der Waals surface area contributed by atoms with E-state index in [4.69, 9.17) is 17.3 Å². The fourth-order valence-corrected chi connectivity index (χ4v) is 3.30. The van der Waals surface area contributed by atoms with E-state index < -0.39 is 6.03 Å². The van der Waals surface area contributed by atoms with Crippen LogP contribution in [0.15, 0.2) is 30.7 Å². The van der Waals surface area contributed by atoms with E-state index in [1.807, 2.05) is 32.3 Å². The Morgan fingerprint density at radius 3 is 2.52 bits per heavy atom. The first-order chi connectivity index (χ1) is 13.7. The fourth-order valence-electron chi connectivity index (χ4n) is 3.04. The zero-order chi connectivity index (χ0) is 21.3. The van der Waals surface area contributed by atoms with Gasteiger partial charge in [0.1, 0.15) is 17.8 Å². The third kappa shape index (κ3) is 4.02. The lowest BCUT2D eigenvalue weighted by Gasteiger charge is -2.13. The molecule has 0 unspecified atom stereocenters. The van der Waals surface area contributed by atoms with E-state index in [1.54, 1.807) is 24.4 Å². The lowest BCUT2D eigenvalue weighted by molar-refractivity contribution is 0.104. The minimum absolute atomic E-state index is 0.0382. The van der Waals surface area contributed by atoms with Gasteiger partial charge in [-0.05, 0) is 39.8 Å². The number of aromatic nitrogens is 3. The highest BCUT2D eigenvalue weighted by Gasteiger charge is 2.24. The van der Waals surface area contributed by atoms with Crippen LogP contribution in [0.5, 0.6) is 0 Å². The number of fused-ring (bicyclic) bond motifs is 1. The lowest BCUT2D eigenvalue weighted by Crippen LogP contribution is -2.34. The summed E-state index contributed by atoms with van der Waals surface area (Å²) in [7, 11) is 0. The molecule has 8 nitrogen and oxygen atoms in total. The molecule has 3 rings (SSSR count). The summed E-state index contributed by atoms with van der Waals surface area (Å²) in [4.78, 5) is 33.7. The Kier molecular flexibility index (Phi) is 5.74. The maximum absolute atomic E-state index is 13.3. The number of halogens is 1. The van der Waals surface area contributed by atoms with Crippen molar-refractivity contribution in [3.05, 3.63) is 46.9 Å². The molecule has 29 heavy (non-hydrogen) atoms. The number of carbonyl (C=O) groups is 2. The summed E-state index contributed by atoms with van der Waals surface area (Å²) in [5.41, 5.74) is 7.58. The molecule has 0 aliphatic heterocycles. The number of nitrogen functional groups attached to an aromatic ring is 1. The summed E-state index contributed by atoms with van der Waals surface area (Å²) >= 11 is 6.46. The SMILES string of the molecule is CC(C)NC(=O)Nc1cccc(C(=O)c2cn(C(C)C)c3ncnc(N)c23)c1Cl. The molecule has 0 fully saturated rings. The van der Waals surface area contributed by atoms with Crippen LogP contribution in [0.4, 0.5) is 16.3 Å². The molecular weight excluding hydrogens is 392 g/mol. The maximum Gasteiger partial charge on any atom is 0.319 e. The molecule has 0 aliphatic rings. The third-order valence-electron chi connectivity index (χ3n) is 4.35. The van der Waals surface area contributed by atoms with Gasteiger partial charge in [0, 0.05) is 23.8 Å². The van der Waals surface area contributed by atoms with Gasteiger partial charge < -0.3 is 20.9 Å². The second-order valence-corrected chi connectivity index (χ2v) is 7.63. The largest absolute Gasteiger partial charge is 0.383 e. The number of nitrogens with one attached hydrogen (secondary N) is 2. The zero-order valence-electron chi connectivity index (χ0n) is 16.7. The van der Waals surface area contributed by atoms with Crippen molar-refractivity contribution in [1.82, 2.24) is 19.9 Å². The van der Waals surface area contributed by atoms with Gasteiger partial charge >= 0.3 is 6.03 Å². The van der Waals surface area contributed by atoms with Crippen molar-refractivity contribution < 1.29 is 9.59 Å². The van der Waals surface area contributed by atoms with Crippen molar-refractivity contribution in [3.8, 4) is 0 Å². The Labute approximate surface area is 173 Å². The van der Waals surface area contributed by atoms with E-state index in [-0.39, 0.29) is 34.3 Å². The molecule has 2 heterocycles. The predicted octanol–water partition coefficient (Wildman–Crippen LogP) is 4.01. The van der Waals surface area contributed by atoms with Crippen LogP contribution in [0.3, 0.4) is 0 Å². The van der Waals surface area contributed by atoms with Crippen LogP contribution >= 0.6 is 11.6 Å². The summed E-state index contributed by atoms with van der Waals surface area (Å²) < 4.78 is 1.87. The van der Waals surface area contributed by atoms with Crippen LogP contribution in [-0.4, -0.2) is 32.4 Å². The fraction of sp³-hybridized carbons (Fsp3) is 0.300. The topological polar surface area (TPSA) is 115 Å². The van der Waals surface area contributed by atoms with Crippen molar-refractivity contribution in [2.24, 2.45) is 0 Å². The van der Waals surface area contributed by atoms with Crippen LogP contribution in [0.1, 0.15) is 49.7 Å². The monoisotopic (exact) mass is 414 g/mol. The molecule has 152 valence electrons. The molecule has 0 atom stereocenters. The van der Waals surface area contributed by atoms with Gasteiger partial charge in [0.2, 0.25) is 0 Å². The van der Waals surface area contributed by atoms with Crippen molar-refractivity contribution in [3.63, 3.8) is 0 Å². The van der Waals surface area contributed by atoms with E-state index in [0.29, 0.717) is 22.3 Å². The summed E-state index contributed by atoms with van der Waals surface area (Å²) in [5.74, 6) is -0.103. The smallest absolute Gasteiger partial charge is 0.319 e. The number of hydrogen-bond donors (Lipinski definition) is 3. The van der Waals surface area contributed by atoms with Gasteiger partial charge in [0.15, 0.2) is 5.78 Å². The quantitative estimate of drug-likeness (QED) is 0.545. The first kappa shape index (κ1) is 20.6. The van der Waals surface area contributed by atoms with Gasteiger partial charge in [-0.2, -0.15) is 0 Å². The number of hydrogen-bond acceptors (Lipinski definition) is 5. The molecule has 0 bridgehead atoms. The molecule has 9 heteroatoms. The van der Waals surface area contributed by atoms with E-state index in [1.165, 1.54) is 6.33 Å². The maximum atomic E-state index is 13.3. The number of urea groups is 1. The number of amides is 2. The second-order valence-electron chi connectivity index (χ2n) is 7.25. The van der Waals surface area contributed by atoms with E-state index in [2.05, 4.69) is 20.6 Å². The molecule has 0 saturated carbocycles. The van der Waals surface area contributed by atoms with Gasteiger partial charge in [0.05, 0.1) is 21.7 Å². The molecule has 0 aliphatic carbocycles. The zero-order valence-corrected chi connectivity index (χ0v) is 17.4. The average molecular weight is 415 g/mol. The second kappa shape index (κ2) is 8.08. The van der Waals surface area contributed by atoms with Gasteiger partial charge in [0.25, 0.3) is 0 Å². The van der Waals surface area contributed by atoms with Crippen molar-refractivity contribution in [1.29, 1.82) is 0 Å². The Bertz CT molecular complexity index is 1090. The summed E-state index contributed by atoms with van der Waals surface area (Å²) in [6.45, 7) is 7.66. The van der Waals surface area contributed by atoms with E-state index in [0.717, 1.165) is 0 Å². The van der Waals surface area contributed by atoms with Crippen LogP contribution in [0.2, 0.25) is 5.02 Å². The van der Waals surface area contributed by atoms with Gasteiger partial charge in [-0.3, -0.25) is 4.79 Å². The predicted molar refractivity (Wildman–Crippen MR) is 115 cm³/mol. The number of ketones is 1. The molecule has 3 aromatic rings. The first-order valence-corrected chi connectivity index (χ1v) is 9.60. The number of benzene rings is 1. The van der Waals surface area contributed by atoms with Crippen LogP contribution in [0.25, 0.3) is 11.0 Å². The Morgan fingerprint density at radius 1 is 1.14 bits per heavy atom. The normalized spacial score (nSPS) is 11.3. The summed E-state index contributed by atoms with van der Waals surface area (Å²) in [6.07, 6.45) is 3.08. The number of carbonyl (C=O) groups excluding carboxylic acids is 2. The number of nitrogens with two attached hydrogens (primary N) is 1. The van der Waals surface area contributed by atoms with Gasteiger partial charge in [-0.15, -0.1) is 0 Å². The third-order valence-corrected chi connectivity index (χ3v) is 4.76. The van der Waals surface area contributed by atoms with Crippen LogP contribution < -0.4 is 16.4 Å². The van der Waals surface area contributed by atoms with E-state index >= 15 is 0 Å². The standard InChI is InChI=1S/C20H23ClN6O2/c1-10(2)25-20(29)26-14-7-5-6-12(16(14)21)17(28)13-8-27(11(3)4)19-15(13)18(22)23-9-24-19/h5-11H,1-4H3,(H2,22,23,24)(H2,25,26,29). The van der Waals surface area contributed by atoms with Crippen LogP contribution in [-0.2, 0) is 0 Å². The Morgan fingerprint density at radius 2 is 1.86 bits per heavy atom. The van der Waals surface area contributed by atoms with Gasteiger partial charge in [-0.1, -0.05) is 17.7 Å². The number of nitrogens with zero attached hydrogens (tertiary/aromatic N) is 3. The molecule has 0 radical (unpaired) electrons. The first-order valence-electron chi connectivity index (χ1n) is 9.22. The number of rotatable bonds is 5. The molecule has 4 N–H and O–H groups in total. The van der Waals surface area contributed by atoms with Crippen molar-refractivity contribution >= 4 is 46.0 Å². The van der Waals surface area contributed by atoms with Crippen molar-refractivity contribution in [2.45, 2.75) is 39.8 Å². The van der Waals surface area contributed by atoms with Gasteiger partial charge in [-0.25, -0.2) is 14.8 Å². The molecule has 2 aromatic heterocycles. The highest BCUT2D eigenvalue weighted by molar-refractivity contribution is 6.38. The Hall–Kier alpha value is -3.13. The minimum Gasteiger partial charge on any atom is -0.383 e. The summed E-state index contributed by atoms with van der Waals surface area (Å²) in [5, 5.41) is 6.02.